The van der Waals surface area contributed by atoms with E-state index in [-0.39, 0.29) is 11.5 Å². The van der Waals surface area contributed by atoms with Crippen LogP contribution in [0.15, 0.2) is 45.8 Å². The highest BCUT2D eigenvalue weighted by Gasteiger charge is 2.18. The third-order valence-electron chi connectivity index (χ3n) is 3.16. The standard InChI is InChI=1S/C15H16BrNO3S/c1-10-3-4-12(9-18)8-15(10)21(19,20)17-14-6-5-13(16)7-11(14)2/h3-8,17-18H,9H2,1-2H3. The van der Waals surface area contributed by atoms with E-state index in [9.17, 15) is 8.42 Å². The number of aliphatic hydroxyl groups is 1. The van der Waals surface area contributed by atoms with Crippen LogP contribution in [0, 0.1) is 13.8 Å². The number of aliphatic hydroxyl groups excluding tert-OH is 1. The Morgan fingerprint density at radius 2 is 1.81 bits per heavy atom. The molecule has 0 amide bonds. The van der Waals surface area contributed by atoms with Crippen LogP contribution in [-0.4, -0.2) is 13.5 Å². The van der Waals surface area contributed by atoms with Gasteiger partial charge in [-0.3, -0.25) is 4.72 Å². The summed E-state index contributed by atoms with van der Waals surface area (Å²) in [7, 11) is -3.69. The van der Waals surface area contributed by atoms with Crippen LogP contribution in [0.3, 0.4) is 0 Å². The first-order valence-electron chi connectivity index (χ1n) is 6.33. The molecule has 0 saturated carbocycles. The van der Waals surface area contributed by atoms with Crippen LogP contribution in [0.25, 0.3) is 0 Å². The molecule has 0 spiro atoms. The zero-order chi connectivity index (χ0) is 15.6. The molecule has 2 N–H and O–H groups in total. The molecule has 0 aliphatic heterocycles. The average Bonchev–Trinajstić information content (AvgIpc) is 2.42. The fourth-order valence-electron chi connectivity index (χ4n) is 1.97. The number of halogens is 1. The van der Waals surface area contributed by atoms with E-state index in [2.05, 4.69) is 20.7 Å². The largest absolute Gasteiger partial charge is 0.392 e. The van der Waals surface area contributed by atoms with Crippen molar-refractivity contribution in [1.82, 2.24) is 0 Å². The second kappa shape index (κ2) is 6.17. The third kappa shape index (κ3) is 3.64. The van der Waals surface area contributed by atoms with Gasteiger partial charge in [0.2, 0.25) is 0 Å². The fraction of sp³-hybridized carbons (Fsp3) is 0.200. The first kappa shape index (κ1) is 16.0. The molecule has 2 rings (SSSR count). The number of benzene rings is 2. The summed E-state index contributed by atoms with van der Waals surface area (Å²) < 4.78 is 28.5. The quantitative estimate of drug-likeness (QED) is 0.867. The van der Waals surface area contributed by atoms with Crippen LogP contribution in [0.1, 0.15) is 16.7 Å². The van der Waals surface area contributed by atoms with Crippen LogP contribution in [-0.2, 0) is 16.6 Å². The lowest BCUT2D eigenvalue weighted by atomic mass is 10.2. The number of rotatable bonds is 4. The smallest absolute Gasteiger partial charge is 0.262 e. The van der Waals surface area contributed by atoms with Gasteiger partial charge in [-0.05, 0) is 54.8 Å². The predicted octanol–water partition coefficient (Wildman–Crippen LogP) is 3.36. The van der Waals surface area contributed by atoms with Crippen LogP contribution in [0.2, 0.25) is 0 Å². The van der Waals surface area contributed by atoms with E-state index < -0.39 is 10.0 Å². The molecule has 6 heteroatoms. The zero-order valence-electron chi connectivity index (χ0n) is 11.7. The van der Waals surface area contributed by atoms with Crippen molar-refractivity contribution in [3.8, 4) is 0 Å². The highest BCUT2D eigenvalue weighted by Crippen LogP contribution is 2.25. The number of aryl methyl sites for hydroxylation is 2. The van der Waals surface area contributed by atoms with Crippen LogP contribution >= 0.6 is 15.9 Å². The van der Waals surface area contributed by atoms with E-state index in [0.29, 0.717) is 16.8 Å². The summed E-state index contributed by atoms with van der Waals surface area (Å²) in [6.07, 6.45) is 0. The summed E-state index contributed by atoms with van der Waals surface area (Å²) in [5, 5.41) is 9.16. The Balaban J connectivity index is 2.43. The van der Waals surface area contributed by atoms with Crippen LogP contribution < -0.4 is 4.72 Å². The summed E-state index contributed by atoms with van der Waals surface area (Å²) in [6, 6.07) is 10.2. The number of nitrogens with one attached hydrogen (secondary N) is 1. The Hall–Kier alpha value is -1.37. The maximum atomic E-state index is 12.5. The minimum atomic E-state index is -3.69. The van der Waals surface area contributed by atoms with E-state index in [1.54, 1.807) is 31.2 Å². The second-order valence-corrected chi connectivity index (χ2v) is 7.39. The maximum Gasteiger partial charge on any atom is 0.262 e. The van der Waals surface area contributed by atoms with E-state index >= 15 is 0 Å². The van der Waals surface area contributed by atoms with Gasteiger partial charge in [0.15, 0.2) is 0 Å². The number of hydrogen-bond donors (Lipinski definition) is 2. The van der Waals surface area contributed by atoms with Gasteiger partial charge < -0.3 is 5.11 Å². The molecule has 0 aromatic heterocycles. The lowest BCUT2D eigenvalue weighted by molar-refractivity contribution is 0.281. The van der Waals surface area contributed by atoms with E-state index in [4.69, 9.17) is 5.11 Å². The monoisotopic (exact) mass is 369 g/mol. The van der Waals surface area contributed by atoms with Gasteiger partial charge in [0.25, 0.3) is 10.0 Å². The molecule has 0 bridgehead atoms. The van der Waals surface area contributed by atoms with Crippen molar-refractivity contribution in [2.75, 3.05) is 4.72 Å². The van der Waals surface area contributed by atoms with Gasteiger partial charge in [-0.15, -0.1) is 0 Å². The summed E-state index contributed by atoms with van der Waals surface area (Å²) >= 11 is 3.35. The maximum absolute atomic E-state index is 12.5. The molecule has 112 valence electrons. The Bertz CT molecular complexity index is 772. The van der Waals surface area contributed by atoms with Gasteiger partial charge in [0, 0.05) is 4.47 Å². The minimum Gasteiger partial charge on any atom is -0.392 e. The number of hydrogen-bond acceptors (Lipinski definition) is 3. The normalized spacial score (nSPS) is 11.4. The molecule has 2 aromatic rings. The van der Waals surface area contributed by atoms with Crippen molar-refractivity contribution in [2.45, 2.75) is 25.3 Å². The Kier molecular flexibility index (Phi) is 4.70. The predicted molar refractivity (Wildman–Crippen MR) is 86.8 cm³/mol. The summed E-state index contributed by atoms with van der Waals surface area (Å²) in [5.41, 5.74) is 2.55. The molecule has 0 aliphatic rings. The minimum absolute atomic E-state index is 0.177. The van der Waals surface area contributed by atoms with E-state index in [1.165, 1.54) is 6.07 Å². The molecule has 0 radical (unpaired) electrons. The molecule has 4 nitrogen and oxygen atoms in total. The fourth-order valence-corrected chi connectivity index (χ4v) is 3.88. The lowest BCUT2D eigenvalue weighted by Gasteiger charge is -2.13. The van der Waals surface area contributed by atoms with Gasteiger partial charge >= 0.3 is 0 Å². The molecule has 0 atom stereocenters. The highest BCUT2D eigenvalue weighted by atomic mass is 79.9. The van der Waals surface area contributed by atoms with E-state index in [0.717, 1.165) is 10.0 Å². The SMILES string of the molecule is Cc1cc(Br)ccc1NS(=O)(=O)c1cc(CO)ccc1C. The number of sulfonamides is 1. The number of anilines is 1. The Morgan fingerprint density at radius 1 is 1.10 bits per heavy atom. The summed E-state index contributed by atoms with van der Waals surface area (Å²) in [5.74, 6) is 0. The van der Waals surface area contributed by atoms with Crippen LogP contribution in [0.5, 0.6) is 0 Å². The van der Waals surface area contributed by atoms with Crippen molar-refractivity contribution < 1.29 is 13.5 Å². The molecule has 0 heterocycles. The Labute approximate surface area is 133 Å². The highest BCUT2D eigenvalue weighted by molar-refractivity contribution is 9.10. The molecule has 2 aromatic carbocycles. The van der Waals surface area contributed by atoms with Crippen molar-refractivity contribution in [2.24, 2.45) is 0 Å². The molecule has 0 fully saturated rings. The van der Waals surface area contributed by atoms with Crippen molar-refractivity contribution in [3.05, 3.63) is 57.6 Å². The summed E-state index contributed by atoms with van der Waals surface area (Å²) in [4.78, 5) is 0.177. The topological polar surface area (TPSA) is 66.4 Å². The average molecular weight is 370 g/mol. The van der Waals surface area contributed by atoms with Gasteiger partial charge in [-0.25, -0.2) is 8.42 Å². The zero-order valence-corrected chi connectivity index (χ0v) is 14.1. The van der Waals surface area contributed by atoms with Gasteiger partial charge in [0.1, 0.15) is 0 Å². The molecule has 21 heavy (non-hydrogen) atoms. The Morgan fingerprint density at radius 3 is 2.43 bits per heavy atom. The second-order valence-electron chi connectivity index (χ2n) is 4.82. The van der Waals surface area contributed by atoms with Crippen molar-refractivity contribution >= 4 is 31.6 Å². The molecular formula is C15H16BrNO3S. The third-order valence-corrected chi connectivity index (χ3v) is 5.16. The van der Waals surface area contributed by atoms with Crippen molar-refractivity contribution in [1.29, 1.82) is 0 Å². The van der Waals surface area contributed by atoms with E-state index in [1.807, 2.05) is 13.0 Å². The van der Waals surface area contributed by atoms with Gasteiger partial charge in [-0.2, -0.15) is 0 Å². The molecule has 0 saturated heterocycles. The van der Waals surface area contributed by atoms with Crippen molar-refractivity contribution in [3.63, 3.8) is 0 Å². The molecule has 0 unspecified atom stereocenters. The van der Waals surface area contributed by atoms with Gasteiger partial charge in [0.05, 0.1) is 17.2 Å². The molecule has 0 aliphatic carbocycles. The molecular weight excluding hydrogens is 354 g/mol. The first-order chi connectivity index (χ1) is 9.83. The van der Waals surface area contributed by atoms with Crippen LogP contribution in [0.4, 0.5) is 5.69 Å². The summed E-state index contributed by atoms with van der Waals surface area (Å²) in [6.45, 7) is 3.36. The lowest BCUT2D eigenvalue weighted by Crippen LogP contribution is -2.15. The first-order valence-corrected chi connectivity index (χ1v) is 8.60. The van der Waals surface area contributed by atoms with Gasteiger partial charge in [-0.1, -0.05) is 28.1 Å².